The summed E-state index contributed by atoms with van der Waals surface area (Å²) in [6, 6.07) is 14.1. The van der Waals surface area contributed by atoms with E-state index in [4.69, 9.17) is 16.3 Å². The van der Waals surface area contributed by atoms with Crippen LogP contribution in [0.3, 0.4) is 0 Å². The minimum absolute atomic E-state index is 0.0894. The highest BCUT2D eigenvalue weighted by Gasteiger charge is 2.19. The van der Waals surface area contributed by atoms with Crippen molar-refractivity contribution in [3.8, 4) is 11.8 Å². The maximum atomic E-state index is 12.9. The van der Waals surface area contributed by atoms with Crippen LogP contribution in [0.25, 0.3) is 0 Å². The van der Waals surface area contributed by atoms with E-state index >= 15 is 0 Å². The standard InChI is InChI=1S/C19H17ClN2O2S/c1-22(2)12-18(24-17-7-5-4-6-13(17)11-21)19(23)15-9-8-14(25-3)10-16(15)20/h4-10,12H,1-3H3/b18-12+. The summed E-state index contributed by atoms with van der Waals surface area (Å²) in [5, 5.41) is 9.56. The minimum Gasteiger partial charge on any atom is -0.450 e. The largest absolute Gasteiger partial charge is 0.450 e. The molecule has 0 amide bonds. The Morgan fingerprint density at radius 2 is 2.00 bits per heavy atom. The molecule has 0 radical (unpaired) electrons. The minimum atomic E-state index is -0.348. The van der Waals surface area contributed by atoms with Crippen LogP contribution in [-0.2, 0) is 0 Å². The van der Waals surface area contributed by atoms with E-state index in [2.05, 4.69) is 6.07 Å². The molecular formula is C19H17ClN2O2S. The van der Waals surface area contributed by atoms with Crippen molar-refractivity contribution < 1.29 is 9.53 Å². The Kier molecular flexibility index (Phi) is 6.51. The predicted octanol–water partition coefficient (Wildman–Crippen LogP) is 4.60. The van der Waals surface area contributed by atoms with E-state index in [1.165, 1.54) is 0 Å². The molecule has 0 bridgehead atoms. The van der Waals surface area contributed by atoms with Gasteiger partial charge in [0.1, 0.15) is 11.8 Å². The van der Waals surface area contributed by atoms with Crippen molar-refractivity contribution in [2.24, 2.45) is 0 Å². The lowest BCUT2D eigenvalue weighted by atomic mass is 10.1. The first-order valence-electron chi connectivity index (χ1n) is 7.39. The number of nitriles is 1. The van der Waals surface area contributed by atoms with Crippen molar-refractivity contribution in [2.45, 2.75) is 4.90 Å². The maximum absolute atomic E-state index is 12.9. The summed E-state index contributed by atoms with van der Waals surface area (Å²) in [6.45, 7) is 0. The van der Waals surface area contributed by atoms with Crippen LogP contribution in [0.4, 0.5) is 0 Å². The number of nitrogens with zero attached hydrogens (tertiary/aromatic N) is 2. The molecule has 0 aliphatic rings. The van der Waals surface area contributed by atoms with Crippen LogP contribution in [0.1, 0.15) is 15.9 Å². The van der Waals surface area contributed by atoms with Gasteiger partial charge in [-0.2, -0.15) is 5.26 Å². The highest BCUT2D eigenvalue weighted by atomic mass is 35.5. The topological polar surface area (TPSA) is 53.3 Å². The van der Waals surface area contributed by atoms with Gasteiger partial charge in [-0.05, 0) is 36.6 Å². The number of allylic oxidation sites excluding steroid dienone is 1. The van der Waals surface area contributed by atoms with Crippen LogP contribution in [0.15, 0.2) is 59.3 Å². The smallest absolute Gasteiger partial charge is 0.231 e. The third-order valence-electron chi connectivity index (χ3n) is 3.25. The zero-order chi connectivity index (χ0) is 18.4. The molecule has 2 aromatic carbocycles. The van der Waals surface area contributed by atoms with Crippen LogP contribution in [0.2, 0.25) is 5.02 Å². The fourth-order valence-corrected chi connectivity index (χ4v) is 2.84. The van der Waals surface area contributed by atoms with Gasteiger partial charge in [0, 0.05) is 30.8 Å². The monoisotopic (exact) mass is 372 g/mol. The number of benzene rings is 2. The van der Waals surface area contributed by atoms with E-state index in [0.29, 0.717) is 21.9 Å². The lowest BCUT2D eigenvalue weighted by molar-refractivity contribution is 0.0982. The zero-order valence-electron chi connectivity index (χ0n) is 14.1. The van der Waals surface area contributed by atoms with E-state index in [0.717, 1.165) is 4.90 Å². The van der Waals surface area contributed by atoms with Gasteiger partial charge in [0.2, 0.25) is 5.78 Å². The van der Waals surface area contributed by atoms with Crippen LogP contribution in [0.5, 0.6) is 5.75 Å². The van der Waals surface area contributed by atoms with E-state index in [-0.39, 0.29) is 11.5 Å². The second-order valence-electron chi connectivity index (χ2n) is 5.34. The summed E-state index contributed by atoms with van der Waals surface area (Å²) >= 11 is 7.81. The molecule has 2 aromatic rings. The van der Waals surface area contributed by atoms with E-state index < -0.39 is 0 Å². The number of ketones is 1. The van der Waals surface area contributed by atoms with Crippen LogP contribution in [-0.4, -0.2) is 31.0 Å². The van der Waals surface area contributed by atoms with Crippen LogP contribution in [0, 0.1) is 11.3 Å². The van der Waals surface area contributed by atoms with Crippen molar-refractivity contribution in [1.29, 1.82) is 5.26 Å². The lowest BCUT2D eigenvalue weighted by Gasteiger charge is -2.14. The van der Waals surface area contributed by atoms with Gasteiger partial charge in [-0.15, -0.1) is 11.8 Å². The second kappa shape index (κ2) is 8.61. The Bertz CT molecular complexity index is 857. The molecule has 0 atom stereocenters. The molecule has 6 heteroatoms. The molecule has 0 N–H and O–H groups in total. The van der Waals surface area contributed by atoms with Crippen molar-refractivity contribution in [3.63, 3.8) is 0 Å². The average Bonchev–Trinajstić information content (AvgIpc) is 2.60. The molecule has 25 heavy (non-hydrogen) atoms. The summed E-state index contributed by atoms with van der Waals surface area (Å²) < 4.78 is 5.76. The van der Waals surface area contributed by atoms with Crippen molar-refractivity contribution in [2.75, 3.05) is 20.4 Å². The highest BCUT2D eigenvalue weighted by Crippen LogP contribution is 2.27. The molecule has 4 nitrogen and oxygen atoms in total. The molecule has 0 spiro atoms. The molecule has 0 aromatic heterocycles. The molecule has 128 valence electrons. The van der Waals surface area contributed by atoms with E-state index in [1.54, 1.807) is 73.4 Å². The normalized spacial score (nSPS) is 10.9. The average molecular weight is 373 g/mol. The Morgan fingerprint density at radius 1 is 1.28 bits per heavy atom. The number of hydrogen-bond donors (Lipinski definition) is 0. The molecule has 0 heterocycles. The number of carbonyl (C=O) groups excluding carboxylic acids is 1. The number of thioether (sulfide) groups is 1. The fourth-order valence-electron chi connectivity index (χ4n) is 2.07. The van der Waals surface area contributed by atoms with E-state index in [1.807, 2.05) is 12.3 Å². The van der Waals surface area contributed by atoms with Gasteiger partial charge in [-0.25, -0.2) is 0 Å². The molecule has 2 rings (SSSR count). The van der Waals surface area contributed by atoms with Crippen LogP contribution < -0.4 is 4.74 Å². The number of hydrogen-bond acceptors (Lipinski definition) is 5. The van der Waals surface area contributed by atoms with Gasteiger partial charge in [0.05, 0.1) is 10.6 Å². The first-order valence-corrected chi connectivity index (χ1v) is 9.00. The number of halogens is 1. The lowest BCUT2D eigenvalue weighted by Crippen LogP contribution is -2.15. The first-order chi connectivity index (χ1) is 12.0. The molecule has 0 saturated heterocycles. The summed E-state index contributed by atoms with van der Waals surface area (Å²) in [5.74, 6) is 0.0638. The molecule has 0 aliphatic heterocycles. The number of carbonyl (C=O) groups is 1. The third-order valence-corrected chi connectivity index (χ3v) is 4.29. The summed E-state index contributed by atoms with van der Waals surface area (Å²) in [5.41, 5.74) is 0.700. The summed E-state index contributed by atoms with van der Waals surface area (Å²) in [6.07, 6.45) is 3.50. The summed E-state index contributed by atoms with van der Waals surface area (Å²) in [7, 11) is 3.57. The Balaban J connectivity index is 2.41. The SMILES string of the molecule is CSc1ccc(C(=O)/C(=C\N(C)C)Oc2ccccc2C#N)c(Cl)c1. The predicted molar refractivity (Wildman–Crippen MR) is 101 cm³/mol. The Hall–Kier alpha value is -2.42. The highest BCUT2D eigenvalue weighted by molar-refractivity contribution is 7.98. The summed E-state index contributed by atoms with van der Waals surface area (Å²) in [4.78, 5) is 15.6. The van der Waals surface area contributed by atoms with Gasteiger partial charge in [0.25, 0.3) is 0 Å². The quantitative estimate of drug-likeness (QED) is 0.321. The van der Waals surface area contributed by atoms with Crippen LogP contribution >= 0.6 is 23.4 Å². The van der Waals surface area contributed by atoms with Crippen molar-refractivity contribution in [3.05, 3.63) is 70.6 Å². The van der Waals surface area contributed by atoms with Gasteiger partial charge < -0.3 is 9.64 Å². The first kappa shape index (κ1) is 18.9. The molecule has 0 aliphatic carbocycles. The van der Waals surface area contributed by atoms with Crippen molar-refractivity contribution >= 4 is 29.1 Å². The maximum Gasteiger partial charge on any atom is 0.231 e. The van der Waals surface area contributed by atoms with Gasteiger partial charge in [-0.3, -0.25) is 4.79 Å². The third kappa shape index (κ3) is 4.79. The van der Waals surface area contributed by atoms with E-state index in [9.17, 15) is 10.1 Å². The molecule has 0 fully saturated rings. The van der Waals surface area contributed by atoms with Gasteiger partial charge >= 0.3 is 0 Å². The zero-order valence-corrected chi connectivity index (χ0v) is 15.7. The molecule has 0 unspecified atom stereocenters. The molecular weight excluding hydrogens is 356 g/mol. The fraction of sp³-hybridized carbons (Fsp3) is 0.158. The number of rotatable bonds is 6. The number of para-hydroxylation sites is 1. The Morgan fingerprint density at radius 3 is 2.60 bits per heavy atom. The van der Waals surface area contributed by atoms with Gasteiger partial charge in [0.15, 0.2) is 5.76 Å². The number of ether oxygens (including phenoxy) is 1. The van der Waals surface area contributed by atoms with Gasteiger partial charge in [-0.1, -0.05) is 23.7 Å². The Labute approximate surface area is 156 Å². The second-order valence-corrected chi connectivity index (χ2v) is 6.63. The molecule has 0 saturated carbocycles. The number of Topliss-reactive ketones (excluding diaryl/α,β-unsaturated/α-hetero) is 1. The van der Waals surface area contributed by atoms with Crippen molar-refractivity contribution in [1.82, 2.24) is 4.90 Å².